The Morgan fingerprint density at radius 2 is 2.12 bits per heavy atom. The van der Waals surface area contributed by atoms with Gasteiger partial charge in [0.15, 0.2) is 0 Å². The minimum absolute atomic E-state index is 0.209. The van der Waals surface area contributed by atoms with E-state index in [-0.39, 0.29) is 18.2 Å². The lowest BCUT2D eigenvalue weighted by Gasteiger charge is -2.29. The number of pyridine rings is 1. The number of imide groups is 1. The van der Waals surface area contributed by atoms with Crippen molar-refractivity contribution in [2.24, 2.45) is 11.6 Å². The van der Waals surface area contributed by atoms with E-state index in [0.717, 1.165) is 5.56 Å². The molecule has 1 saturated heterocycles. The summed E-state index contributed by atoms with van der Waals surface area (Å²) in [7, 11) is 0. The van der Waals surface area contributed by atoms with E-state index in [4.69, 9.17) is 16.3 Å². The van der Waals surface area contributed by atoms with Crippen LogP contribution in [-0.2, 0) is 16.1 Å². The van der Waals surface area contributed by atoms with Gasteiger partial charge in [-0.05, 0) is 37.1 Å². The van der Waals surface area contributed by atoms with Crippen LogP contribution in [0.1, 0.15) is 41.4 Å². The van der Waals surface area contributed by atoms with E-state index in [1.54, 1.807) is 36.4 Å². The molecule has 0 aliphatic carbocycles. The molecule has 10 nitrogen and oxygen atoms in total. The maximum Gasteiger partial charge on any atom is 0.255 e. The average molecular weight is 436 g/mol. The summed E-state index contributed by atoms with van der Waals surface area (Å²) in [6, 6.07) is 9.83. The standard InChI is InChI=1S/C22H24N6O4/c1-2-32-20-5-3-4-17(25-20)16(23)12-28(24)14-7-6-13-11-27(22(31)15(13)10-14)18-8-9-19(29)26-21(18)30/h3-7,10,12,18H,2,8-9,11,23-24H2,1H3,(H,26,29,30)/b16-12-. The fourth-order valence-electron chi connectivity index (χ4n) is 3.80. The van der Waals surface area contributed by atoms with Crippen molar-refractivity contribution in [2.45, 2.75) is 32.4 Å². The number of hydrogen-bond acceptors (Lipinski definition) is 8. The summed E-state index contributed by atoms with van der Waals surface area (Å²) < 4.78 is 5.39. The van der Waals surface area contributed by atoms with Gasteiger partial charge in [-0.1, -0.05) is 12.1 Å². The zero-order valence-electron chi connectivity index (χ0n) is 17.6. The van der Waals surface area contributed by atoms with E-state index in [1.165, 1.54) is 16.1 Å². The first-order valence-electron chi connectivity index (χ1n) is 10.3. The Balaban J connectivity index is 1.53. The third-order valence-electron chi connectivity index (χ3n) is 5.40. The van der Waals surface area contributed by atoms with Crippen LogP contribution >= 0.6 is 0 Å². The van der Waals surface area contributed by atoms with Crippen LogP contribution < -0.4 is 26.6 Å². The second-order valence-electron chi connectivity index (χ2n) is 7.53. The number of hydrazine groups is 1. The van der Waals surface area contributed by atoms with Gasteiger partial charge in [0.1, 0.15) is 6.04 Å². The highest BCUT2D eigenvalue weighted by molar-refractivity contribution is 6.05. The number of nitrogens with two attached hydrogens (primary N) is 2. The highest BCUT2D eigenvalue weighted by Crippen LogP contribution is 2.30. The zero-order valence-corrected chi connectivity index (χ0v) is 17.6. The molecular weight excluding hydrogens is 412 g/mol. The van der Waals surface area contributed by atoms with Crippen molar-refractivity contribution < 1.29 is 19.1 Å². The van der Waals surface area contributed by atoms with Crippen LogP contribution in [0.15, 0.2) is 42.6 Å². The Morgan fingerprint density at radius 1 is 1.31 bits per heavy atom. The predicted octanol–water partition coefficient (Wildman–Crippen LogP) is 0.879. The van der Waals surface area contributed by atoms with Gasteiger partial charge < -0.3 is 15.4 Å². The number of ether oxygens (including phenoxy) is 1. The van der Waals surface area contributed by atoms with Crippen LogP contribution in [0.4, 0.5) is 5.69 Å². The van der Waals surface area contributed by atoms with Crippen molar-refractivity contribution in [1.29, 1.82) is 0 Å². The molecule has 2 aliphatic heterocycles. The van der Waals surface area contributed by atoms with Gasteiger partial charge in [0, 0.05) is 30.8 Å². The van der Waals surface area contributed by atoms with Gasteiger partial charge in [-0.2, -0.15) is 0 Å². The van der Waals surface area contributed by atoms with Crippen molar-refractivity contribution in [1.82, 2.24) is 15.2 Å². The van der Waals surface area contributed by atoms with Crippen molar-refractivity contribution in [3.63, 3.8) is 0 Å². The summed E-state index contributed by atoms with van der Waals surface area (Å²) in [5.74, 6) is 5.60. The number of benzene rings is 1. The highest BCUT2D eigenvalue weighted by Gasteiger charge is 2.39. The lowest BCUT2D eigenvalue weighted by molar-refractivity contribution is -0.136. The molecule has 1 unspecified atom stereocenters. The number of fused-ring (bicyclic) bond motifs is 1. The number of piperidine rings is 1. The van der Waals surface area contributed by atoms with Gasteiger partial charge in [0.25, 0.3) is 5.91 Å². The van der Waals surface area contributed by atoms with E-state index in [9.17, 15) is 14.4 Å². The molecule has 1 atom stereocenters. The van der Waals surface area contributed by atoms with E-state index >= 15 is 0 Å². The van der Waals surface area contributed by atoms with E-state index in [2.05, 4.69) is 10.3 Å². The molecule has 3 heterocycles. The van der Waals surface area contributed by atoms with Crippen molar-refractivity contribution in [3.05, 3.63) is 59.4 Å². The smallest absolute Gasteiger partial charge is 0.255 e. The monoisotopic (exact) mass is 436 g/mol. The average Bonchev–Trinajstić information content (AvgIpc) is 3.10. The zero-order chi connectivity index (χ0) is 22.8. The molecule has 1 aromatic heterocycles. The molecule has 0 saturated carbocycles. The van der Waals surface area contributed by atoms with Crippen LogP contribution in [0.2, 0.25) is 0 Å². The molecule has 166 valence electrons. The predicted molar refractivity (Wildman–Crippen MR) is 117 cm³/mol. The summed E-state index contributed by atoms with van der Waals surface area (Å²) in [6.07, 6.45) is 2.03. The molecule has 0 spiro atoms. The number of hydrogen-bond donors (Lipinski definition) is 3. The highest BCUT2D eigenvalue weighted by atomic mass is 16.5. The minimum Gasteiger partial charge on any atom is -0.478 e. The summed E-state index contributed by atoms with van der Waals surface area (Å²) >= 11 is 0. The third-order valence-corrected chi connectivity index (χ3v) is 5.40. The van der Waals surface area contributed by atoms with Gasteiger partial charge in [0.2, 0.25) is 17.7 Å². The number of nitrogens with zero attached hydrogens (tertiary/aromatic N) is 3. The van der Waals surface area contributed by atoms with Crippen LogP contribution in [0.3, 0.4) is 0 Å². The molecule has 2 aromatic rings. The lowest BCUT2D eigenvalue weighted by atomic mass is 10.0. The quantitative estimate of drug-likeness (QED) is 0.344. The lowest BCUT2D eigenvalue weighted by Crippen LogP contribution is -2.52. The van der Waals surface area contributed by atoms with Gasteiger partial charge in [-0.15, -0.1) is 0 Å². The summed E-state index contributed by atoms with van der Waals surface area (Å²) in [5.41, 5.74) is 8.79. The Morgan fingerprint density at radius 3 is 2.88 bits per heavy atom. The fourth-order valence-corrected chi connectivity index (χ4v) is 3.80. The SMILES string of the molecule is CCOc1cccc(/C(N)=C/N(N)c2ccc3c(c2)C(=O)N(C2CCC(=O)NC2=O)C3)n1. The topological polar surface area (TPSA) is 144 Å². The van der Waals surface area contributed by atoms with Crippen LogP contribution in [0.25, 0.3) is 5.70 Å². The maximum absolute atomic E-state index is 13.0. The molecule has 3 amide bonds. The number of anilines is 1. The van der Waals surface area contributed by atoms with E-state index < -0.39 is 11.9 Å². The Hall–Kier alpha value is -3.92. The molecule has 5 N–H and O–H groups in total. The summed E-state index contributed by atoms with van der Waals surface area (Å²) in [4.78, 5) is 42.4. The number of aromatic nitrogens is 1. The van der Waals surface area contributed by atoms with Crippen molar-refractivity contribution >= 4 is 29.1 Å². The molecule has 32 heavy (non-hydrogen) atoms. The molecular formula is C22H24N6O4. The molecule has 2 aliphatic rings. The first-order chi connectivity index (χ1) is 15.4. The molecule has 1 aromatic carbocycles. The largest absolute Gasteiger partial charge is 0.478 e. The van der Waals surface area contributed by atoms with E-state index in [1.807, 2.05) is 6.92 Å². The minimum atomic E-state index is -0.663. The van der Waals surface area contributed by atoms with Crippen molar-refractivity contribution in [2.75, 3.05) is 11.6 Å². The number of carbonyl (C=O) groups excluding carboxylic acids is 3. The Labute approximate surface area is 184 Å². The molecule has 0 radical (unpaired) electrons. The number of rotatable bonds is 6. The molecule has 1 fully saturated rings. The van der Waals surface area contributed by atoms with Crippen LogP contribution in [0, 0.1) is 0 Å². The fraction of sp³-hybridized carbons (Fsp3) is 0.273. The van der Waals surface area contributed by atoms with Crippen molar-refractivity contribution in [3.8, 4) is 5.88 Å². The normalized spacial score (nSPS) is 18.4. The van der Waals surface area contributed by atoms with Gasteiger partial charge in [-0.3, -0.25) is 24.7 Å². The number of amides is 3. The van der Waals surface area contributed by atoms with E-state index in [0.29, 0.717) is 48.1 Å². The second kappa shape index (κ2) is 8.67. The first kappa shape index (κ1) is 21.3. The second-order valence-corrected chi connectivity index (χ2v) is 7.53. The van der Waals surface area contributed by atoms with Gasteiger partial charge in [-0.25, -0.2) is 10.8 Å². The third kappa shape index (κ3) is 4.12. The summed E-state index contributed by atoms with van der Waals surface area (Å²) in [6.45, 7) is 2.66. The summed E-state index contributed by atoms with van der Waals surface area (Å²) in [5, 5.41) is 3.61. The van der Waals surface area contributed by atoms with Crippen LogP contribution in [-0.4, -0.2) is 40.3 Å². The van der Waals surface area contributed by atoms with Crippen LogP contribution in [0.5, 0.6) is 5.88 Å². The molecule has 10 heteroatoms. The van der Waals surface area contributed by atoms with Gasteiger partial charge in [0.05, 0.1) is 23.7 Å². The number of carbonyl (C=O) groups is 3. The molecule has 0 bridgehead atoms. The maximum atomic E-state index is 13.0. The Kier molecular flexibility index (Phi) is 5.78. The number of nitrogens with one attached hydrogen (secondary N) is 1. The molecule has 4 rings (SSSR count). The first-order valence-corrected chi connectivity index (χ1v) is 10.3. The van der Waals surface area contributed by atoms with Gasteiger partial charge >= 0.3 is 0 Å². The Bertz CT molecular complexity index is 1120.